The normalized spacial score (nSPS) is 7.69. The van der Waals surface area contributed by atoms with Crippen LogP contribution in [0.4, 0.5) is 0 Å². The van der Waals surface area contributed by atoms with Crippen molar-refractivity contribution in [1.29, 1.82) is 0 Å². The summed E-state index contributed by atoms with van der Waals surface area (Å²) >= 11 is 0. The maximum atomic E-state index is 6.44. The Morgan fingerprint density at radius 1 is 0.846 bits per heavy atom. The minimum absolute atomic E-state index is 0. The maximum absolute atomic E-state index is 6.44. The second-order valence-electron chi connectivity index (χ2n) is 2.83. The zero-order chi connectivity index (χ0) is 9.98. The van der Waals surface area contributed by atoms with Crippen LogP contribution in [0.3, 0.4) is 0 Å². The Labute approximate surface area is 95.4 Å². The molecule has 0 fully saturated rings. The SMILES string of the molecule is [C-]#CCN(C)C.[C-]#CCN(C)C.[Zn+2]. The summed E-state index contributed by atoms with van der Waals surface area (Å²) in [4.78, 5) is 3.76. The quantitative estimate of drug-likeness (QED) is 0.381. The third-order valence-electron chi connectivity index (χ3n) is 0.791. The van der Waals surface area contributed by atoms with Crippen LogP contribution < -0.4 is 0 Å². The molecule has 68 valence electrons. The molecular weight excluding hydrogens is 214 g/mol. The molecular formula is C10H16N2Zn. The van der Waals surface area contributed by atoms with Crippen LogP contribution in [0.25, 0.3) is 0 Å². The Balaban J connectivity index is -0.000000143. The van der Waals surface area contributed by atoms with E-state index in [0.717, 1.165) is 0 Å². The van der Waals surface area contributed by atoms with E-state index in [0.29, 0.717) is 13.1 Å². The molecule has 0 heterocycles. The molecule has 0 unspecified atom stereocenters. The Kier molecular flexibility index (Phi) is 20.2. The Morgan fingerprint density at radius 2 is 1.08 bits per heavy atom. The molecule has 0 spiro atoms. The third kappa shape index (κ3) is 34.0. The van der Waals surface area contributed by atoms with E-state index in [-0.39, 0.29) is 19.5 Å². The van der Waals surface area contributed by atoms with Gasteiger partial charge in [-0.15, -0.1) is 0 Å². The number of rotatable bonds is 2. The Morgan fingerprint density at radius 3 is 1.08 bits per heavy atom. The van der Waals surface area contributed by atoms with E-state index in [2.05, 4.69) is 11.8 Å². The van der Waals surface area contributed by atoms with Gasteiger partial charge in [0.2, 0.25) is 0 Å². The summed E-state index contributed by atoms with van der Waals surface area (Å²) in [7, 11) is 7.62. The summed E-state index contributed by atoms with van der Waals surface area (Å²) in [5.41, 5.74) is 0. The van der Waals surface area contributed by atoms with Gasteiger partial charge in [-0.25, -0.2) is 0 Å². The summed E-state index contributed by atoms with van der Waals surface area (Å²) in [6.07, 6.45) is 12.9. The molecule has 0 saturated carbocycles. The molecule has 0 aliphatic heterocycles. The van der Waals surface area contributed by atoms with Gasteiger partial charge < -0.3 is 34.5 Å². The van der Waals surface area contributed by atoms with E-state index >= 15 is 0 Å². The number of hydrogen-bond donors (Lipinski definition) is 0. The van der Waals surface area contributed by atoms with E-state index in [1.807, 2.05) is 38.0 Å². The van der Waals surface area contributed by atoms with Crippen LogP contribution >= 0.6 is 0 Å². The van der Waals surface area contributed by atoms with Gasteiger partial charge in [-0.2, -0.15) is 0 Å². The molecule has 0 aromatic carbocycles. The standard InChI is InChI=1S/2C5H8N.Zn/c2*1-4-5-6(2)3;/h2*5H2,2-3H3;/q2*-1;+2. The zero-order valence-electron chi connectivity index (χ0n) is 9.02. The first-order chi connectivity index (χ1) is 5.54. The van der Waals surface area contributed by atoms with E-state index in [1.165, 1.54) is 0 Å². The molecule has 0 aliphatic carbocycles. The molecule has 0 rings (SSSR count). The van der Waals surface area contributed by atoms with Crippen molar-refractivity contribution in [3.63, 3.8) is 0 Å². The molecule has 0 N–H and O–H groups in total. The van der Waals surface area contributed by atoms with Crippen molar-refractivity contribution in [2.24, 2.45) is 0 Å². The molecule has 0 aromatic heterocycles. The first-order valence-electron chi connectivity index (χ1n) is 3.63. The number of hydrogen-bond acceptors (Lipinski definition) is 2. The Hall–Kier alpha value is -0.337. The predicted molar refractivity (Wildman–Crippen MR) is 51.4 cm³/mol. The van der Waals surface area contributed by atoms with Gasteiger partial charge in [-0.3, -0.25) is 0 Å². The van der Waals surface area contributed by atoms with Crippen molar-refractivity contribution in [1.82, 2.24) is 9.80 Å². The second kappa shape index (κ2) is 14.2. The predicted octanol–water partition coefficient (Wildman–Crippen LogP) is 0.273. The van der Waals surface area contributed by atoms with Crippen LogP contribution in [0.15, 0.2) is 0 Å². The van der Waals surface area contributed by atoms with Crippen LogP contribution in [0.2, 0.25) is 0 Å². The average molecular weight is 230 g/mol. The second-order valence-corrected chi connectivity index (χ2v) is 2.83. The molecule has 0 amide bonds. The van der Waals surface area contributed by atoms with Crippen molar-refractivity contribution < 1.29 is 19.5 Å². The van der Waals surface area contributed by atoms with Crippen molar-refractivity contribution in [2.75, 3.05) is 41.3 Å². The summed E-state index contributed by atoms with van der Waals surface area (Å²) in [6.45, 7) is 1.25. The van der Waals surface area contributed by atoms with Gasteiger partial charge in [0.25, 0.3) is 0 Å². The molecule has 0 aromatic rings. The van der Waals surface area contributed by atoms with Gasteiger partial charge in [0.15, 0.2) is 0 Å². The van der Waals surface area contributed by atoms with Gasteiger partial charge in [0, 0.05) is 13.1 Å². The maximum Gasteiger partial charge on any atom is 2.00 e. The molecule has 0 bridgehead atoms. The average Bonchev–Trinajstić information content (AvgIpc) is 1.87. The molecule has 0 aliphatic rings. The van der Waals surface area contributed by atoms with Crippen molar-refractivity contribution in [3.05, 3.63) is 12.8 Å². The summed E-state index contributed by atoms with van der Waals surface area (Å²) in [6, 6.07) is 0. The summed E-state index contributed by atoms with van der Waals surface area (Å²) < 4.78 is 0. The van der Waals surface area contributed by atoms with E-state index in [1.54, 1.807) is 0 Å². The largest absolute Gasteiger partial charge is 2.00 e. The summed E-state index contributed by atoms with van der Waals surface area (Å²) in [5, 5.41) is 0. The third-order valence-corrected chi connectivity index (χ3v) is 0.791. The minimum atomic E-state index is 0. The minimum Gasteiger partial charge on any atom is -0.692 e. The van der Waals surface area contributed by atoms with Gasteiger partial charge in [-0.05, 0) is 28.2 Å². The van der Waals surface area contributed by atoms with E-state index in [9.17, 15) is 0 Å². The van der Waals surface area contributed by atoms with Crippen molar-refractivity contribution in [3.8, 4) is 11.8 Å². The zero-order valence-corrected chi connectivity index (χ0v) is 12.0. The fourth-order valence-corrected chi connectivity index (χ4v) is 0.316. The Bertz CT molecular complexity index is 143. The fraction of sp³-hybridized carbons (Fsp3) is 0.600. The van der Waals surface area contributed by atoms with Crippen molar-refractivity contribution in [2.45, 2.75) is 0 Å². The number of nitrogens with zero attached hydrogens (tertiary/aromatic N) is 2. The van der Waals surface area contributed by atoms with Crippen LogP contribution in [-0.2, 0) is 19.5 Å². The van der Waals surface area contributed by atoms with Gasteiger partial charge >= 0.3 is 19.5 Å². The molecule has 0 saturated heterocycles. The van der Waals surface area contributed by atoms with Crippen LogP contribution in [0, 0.1) is 24.7 Å². The van der Waals surface area contributed by atoms with Gasteiger partial charge in [-0.1, -0.05) is 0 Å². The first kappa shape index (κ1) is 18.4. The molecule has 13 heavy (non-hydrogen) atoms. The molecule has 3 heteroatoms. The smallest absolute Gasteiger partial charge is 0.692 e. The monoisotopic (exact) mass is 228 g/mol. The van der Waals surface area contributed by atoms with Gasteiger partial charge in [0.05, 0.1) is 0 Å². The van der Waals surface area contributed by atoms with Crippen LogP contribution in [0.1, 0.15) is 0 Å². The summed E-state index contributed by atoms with van der Waals surface area (Å²) in [5.74, 6) is 4.49. The molecule has 0 radical (unpaired) electrons. The first-order valence-corrected chi connectivity index (χ1v) is 3.63. The topological polar surface area (TPSA) is 6.48 Å². The van der Waals surface area contributed by atoms with E-state index < -0.39 is 0 Å². The van der Waals surface area contributed by atoms with Crippen LogP contribution in [0.5, 0.6) is 0 Å². The van der Waals surface area contributed by atoms with Gasteiger partial charge in [0.1, 0.15) is 0 Å². The van der Waals surface area contributed by atoms with E-state index in [4.69, 9.17) is 12.8 Å². The molecule has 2 nitrogen and oxygen atoms in total. The van der Waals surface area contributed by atoms with Crippen molar-refractivity contribution >= 4 is 0 Å². The van der Waals surface area contributed by atoms with Crippen LogP contribution in [-0.4, -0.2) is 51.1 Å². The fourth-order valence-electron chi connectivity index (χ4n) is 0.316. The molecule has 0 atom stereocenters.